The molecule has 0 aliphatic heterocycles. The number of pyridine rings is 1. The Balaban J connectivity index is 1.39. The number of amides is 1. The lowest BCUT2D eigenvalue weighted by Crippen LogP contribution is -2.07. The fraction of sp³-hybridized carbons (Fsp3) is 0.0417. The largest absolute Gasteiger partial charge is 0.497 e. The van der Waals surface area contributed by atoms with Gasteiger partial charge in [0, 0.05) is 40.8 Å². The van der Waals surface area contributed by atoms with Crippen LogP contribution in [0, 0.1) is 0 Å². The van der Waals surface area contributed by atoms with Crippen molar-refractivity contribution in [2.75, 3.05) is 17.7 Å². The van der Waals surface area contributed by atoms with Gasteiger partial charge in [-0.15, -0.1) is 11.3 Å². The minimum absolute atomic E-state index is 0.214. The molecule has 6 nitrogen and oxygen atoms in total. The monoisotopic (exact) mass is 428 g/mol. The molecule has 1 amide bonds. The molecular formula is C24H20N4O2S. The fourth-order valence-corrected chi connectivity index (χ4v) is 3.63. The number of nitrogens with zero attached hydrogens (tertiary/aromatic N) is 2. The van der Waals surface area contributed by atoms with Crippen LogP contribution in [0.5, 0.6) is 5.75 Å². The van der Waals surface area contributed by atoms with Crippen molar-refractivity contribution in [3.8, 4) is 17.0 Å². The lowest BCUT2D eigenvalue weighted by molar-refractivity contribution is -0.111. The zero-order chi connectivity index (χ0) is 21.5. The second kappa shape index (κ2) is 9.69. The lowest BCUT2D eigenvalue weighted by Gasteiger charge is -2.07. The van der Waals surface area contributed by atoms with Gasteiger partial charge < -0.3 is 15.4 Å². The summed E-state index contributed by atoms with van der Waals surface area (Å²) in [6.07, 6.45) is 6.74. The minimum atomic E-state index is -0.214. The number of benzene rings is 2. The Hall–Kier alpha value is -3.97. The van der Waals surface area contributed by atoms with Crippen molar-refractivity contribution in [1.29, 1.82) is 0 Å². The number of methoxy groups -OCH3 is 1. The summed E-state index contributed by atoms with van der Waals surface area (Å²) in [6, 6.07) is 18.9. The molecule has 0 aliphatic rings. The quantitative estimate of drug-likeness (QED) is 0.374. The summed E-state index contributed by atoms with van der Waals surface area (Å²) >= 11 is 1.52. The Morgan fingerprint density at radius 1 is 1.03 bits per heavy atom. The van der Waals surface area contributed by atoms with Crippen LogP contribution in [-0.2, 0) is 4.79 Å². The molecule has 0 spiro atoms. The van der Waals surface area contributed by atoms with Crippen molar-refractivity contribution in [3.63, 3.8) is 0 Å². The first-order valence-corrected chi connectivity index (χ1v) is 10.4. The number of hydrogen-bond acceptors (Lipinski definition) is 6. The number of thiazole rings is 1. The summed E-state index contributed by atoms with van der Waals surface area (Å²) in [5.74, 6) is 0.532. The molecule has 0 aliphatic carbocycles. The number of carbonyl (C=O) groups excluding carboxylic acids is 1. The lowest BCUT2D eigenvalue weighted by atomic mass is 10.2. The molecule has 2 aromatic carbocycles. The summed E-state index contributed by atoms with van der Waals surface area (Å²) < 4.78 is 5.20. The second-order valence-electron chi connectivity index (χ2n) is 6.58. The van der Waals surface area contributed by atoms with Crippen LogP contribution in [0.2, 0.25) is 0 Å². The molecule has 31 heavy (non-hydrogen) atoms. The highest BCUT2D eigenvalue weighted by atomic mass is 32.1. The number of anilines is 3. The van der Waals surface area contributed by atoms with Crippen molar-refractivity contribution in [2.24, 2.45) is 0 Å². The normalized spacial score (nSPS) is 10.7. The van der Waals surface area contributed by atoms with E-state index in [0.29, 0.717) is 5.69 Å². The predicted octanol–water partition coefficient (Wildman–Crippen LogP) is 5.61. The highest BCUT2D eigenvalue weighted by molar-refractivity contribution is 7.14. The van der Waals surface area contributed by atoms with Crippen LogP contribution in [0.4, 0.5) is 16.5 Å². The van der Waals surface area contributed by atoms with Crippen LogP contribution in [0.3, 0.4) is 0 Å². The van der Waals surface area contributed by atoms with E-state index in [0.717, 1.165) is 33.4 Å². The second-order valence-corrected chi connectivity index (χ2v) is 7.44. The van der Waals surface area contributed by atoms with Crippen molar-refractivity contribution in [1.82, 2.24) is 9.97 Å². The first-order chi connectivity index (χ1) is 15.2. The van der Waals surface area contributed by atoms with Gasteiger partial charge in [-0.1, -0.05) is 18.2 Å². The van der Waals surface area contributed by atoms with Gasteiger partial charge in [0.05, 0.1) is 12.8 Å². The van der Waals surface area contributed by atoms with Crippen LogP contribution in [0.15, 0.2) is 84.5 Å². The SMILES string of the molecule is COc1cccc(/C=C/C(=O)Nc2cccc(Nc3nc(-c4ccncc4)cs3)c2)c1. The molecule has 0 atom stereocenters. The van der Waals surface area contributed by atoms with Gasteiger partial charge in [0.25, 0.3) is 0 Å². The molecular weight excluding hydrogens is 408 g/mol. The first kappa shape index (κ1) is 20.3. The van der Waals surface area contributed by atoms with Crippen molar-refractivity contribution in [2.45, 2.75) is 0 Å². The van der Waals surface area contributed by atoms with Crippen LogP contribution in [0.25, 0.3) is 17.3 Å². The molecule has 0 fully saturated rings. The van der Waals surface area contributed by atoms with E-state index in [9.17, 15) is 4.79 Å². The van der Waals surface area contributed by atoms with E-state index >= 15 is 0 Å². The van der Waals surface area contributed by atoms with E-state index < -0.39 is 0 Å². The average molecular weight is 429 g/mol. The maximum absolute atomic E-state index is 12.3. The van der Waals surface area contributed by atoms with E-state index in [1.54, 1.807) is 25.6 Å². The van der Waals surface area contributed by atoms with Gasteiger partial charge in [0.15, 0.2) is 5.13 Å². The van der Waals surface area contributed by atoms with Crippen LogP contribution in [-0.4, -0.2) is 23.0 Å². The van der Waals surface area contributed by atoms with Crippen molar-refractivity contribution < 1.29 is 9.53 Å². The Bertz CT molecular complexity index is 1200. The first-order valence-electron chi connectivity index (χ1n) is 9.56. The van der Waals surface area contributed by atoms with E-state index in [4.69, 9.17) is 4.74 Å². The Morgan fingerprint density at radius 3 is 2.68 bits per heavy atom. The molecule has 154 valence electrons. The zero-order valence-electron chi connectivity index (χ0n) is 16.8. The predicted molar refractivity (Wildman–Crippen MR) is 126 cm³/mol. The maximum Gasteiger partial charge on any atom is 0.248 e. The number of carbonyl (C=O) groups is 1. The highest BCUT2D eigenvalue weighted by Gasteiger charge is 2.06. The fourth-order valence-electron chi connectivity index (χ4n) is 2.89. The van der Waals surface area contributed by atoms with Gasteiger partial charge in [-0.05, 0) is 54.1 Å². The maximum atomic E-state index is 12.3. The van der Waals surface area contributed by atoms with Gasteiger partial charge in [0.1, 0.15) is 5.75 Å². The Kier molecular flexibility index (Phi) is 6.35. The molecule has 0 radical (unpaired) electrons. The number of ether oxygens (including phenoxy) is 1. The van der Waals surface area contributed by atoms with E-state index in [2.05, 4.69) is 20.6 Å². The molecule has 2 N–H and O–H groups in total. The average Bonchev–Trinajstić information content (AvgIpc) is 3.27. The van der Waals surface area contributed by atoms with Crippen LogP contribution < -0.4 is 15.4 Å². The molecule has 0 saturated heterocycles. The Labute approximate surface area is 184 Å². The molecule has 4 aromatic rings. The number of aromatic nitrogens is 2. The number of hydrogen-bond donors (Lipinski definition) is 2. The third kappa shape index (κ3) is 5.55. The summed E-state index contributed by atoms with van der Waals surface area (Å²) in [6.45, 7) is 0. The zero-order valence-corrected chi connectivity index (χ0v) is 17.6. The van der Waals surface area contributed by atoms with Gasteiger partial charge in [-0.3, -0.25) is 9.78 Å². The molecule has 7 heteroatoms. The summed E-state index contributed by atoms with van der Waals surface area (Å²) in [5.41, 5.74) is 4.32. The third-order valence-corrected chi connectivity index (χ3v) is 5.14. The van der Waals surface area contributed by atoms with E-state index in [-0.39, 0.29) is 5.91 Å². The number of nitrogens with one attached hydrogen (secondary N) is 2. The third-order valence-electron chi connectivity index (χ3n) is 4.38. The van der Waals surface area contributed by atoms with Crippen LogP contribution >= 0.6 is 11.3 Å². The van der Waals surface area contributed by atoms with Crippen LogP contribution in [0.1, 0.15) is 5.56 Å². The molecule has 2 aromatic heterocycles. The minimum Gasteiger partial charge on any atom is -0.497 e. The van der Waals surface area contributed by atoms with Gasteiger partial charge in [-0.2, -0.15) is 0 Å². The molecule has 0 bridgehead atoms. The van der Waals surface area contributed by atoms with Crippen molar-refractivity contribution >= 4 is 39.8 Å². The number of rotatable bonds is 7. The molecule has 0 saturated carbocycles. The van der Waals surface area contributed by atoms with Gasteiger partial charge in [0.2, 0.25) is 5.91 Å². The Morgan fingerprint density at radius 2 is 1.84 bits per heavy atom. The smallest absolute Gasteiger partial charge is 0.248 e. The molecule has 2 heterocycles. The van der Waals surface area contributed by atoms with Gasteiger partial charge >= 0.3 is 0 Å². The summed E-state index contributed by atoms with van der Waals surface area (Å²) in [5, 5.41) is 8.93. The molecule has 4 rings (SSSR count). The van der Waals surface area contributed by atoms with E-state index in [1.807, 2.05) is 66.0 Å². The topological polar surface area (TPSA) is 76.1 Å². The van der Waals surface area contributed by atoms with Gasteiger partial charge in [-0.25, -0.2) is 4.98 Å². The standard InChI is InChI=1S/C24H20N4O2S/c1-30-21-7-2-4-17(14-21)8-9-23(29)26-19-5-3-6-20(15-19)27-24-28-22(16-31-24)18-10-12-25-13-11-18/h2-16H,1H3,(H,26,29)(H,27,28)/b9-8+. The van der Waals surface area contributed by atoms with E-state index in [1.165, 1.54) is 17.4 Å². The van der Waals surface area contributed by atoms with Crippen molar-refractivity contribution in [3.05, 3.63) is 90.1 Å². The summed E-state index contributed by atoms with van der Waals surface area (Å²) in [4.78, 5) is 21.0. The highest BCUT2D eigenvalue weighted by Crippen LogP contribution is 2.27. The molecule has 0 unspecified atom stereocenters. The summed E-state index contributed by atoms with van der Waals surface area (Å²) in [7, 11) is 1.61.